The molecule has 0 aliphatic heterocycles. The van der Waals surface area contributed by atoms with Crippen LogP contribution >= 0.6 is 11.3 Å². The average Bonchev–Trinajstić information content (AvgIpc) is 3.31. The number of rotatable bonds is 10. The number of benzene rings is 3. The van der Waals surface area contributed by atoms with Gasteiger partial charge in [0.05, 0.1) is 27.8 Å². The lowest BCUT2D eigenvalue weighted by Gasteiger charge is -2.17. The predicted octanol–water partition coefficient (Wildman–Crippen LogP) is 4.69. The van der Waals surface area contributed by atoms with Crippen LogP contribution in [0.1, 0.15) is 36.0 Å². The zero-order valence-corrected chi connectivity index (χ0v) is 21.6. The lowest BCUT2D eigenvalue weighted by Crippen LogP contribution is -2.30. The fourth-order valence-corrected chi connectivity index (χ4v) is 5.95. The van der Waals surface area contributed by atoms with Crippen molar-refractivity contribution in [1.82, 2.24) is 9.71 Å². The van der Waals surface area contributed by atoms with Crippen molar-refractivity contribution in [3.8, 4) is 5.75 Å². The van der Waals surface area contributed by atoms with Gasteiger partial charge in [-0.1, -0.05) is 55.4 Å². The molecule has 1 aromatic heterocycles. The van der Waals surface area contributed by atoms with E-state index in [2.05, 4.69) is 23.7 Å². The number of aromatic nitrogens is 1. The Kier molecular flexibility index (Phi) is 7.88. The lowest BCUT2D eigenvalue weighted by atomic mass is 10.0. The quantitative estimate of drug-likeness (QED) is 0.120. The number of hydrogen-bond acceptors (Lipinski definition) is 7. The number of oxime groups is 1. The van der Waals surface area contributed by atoms with Gasteiger partial charge in [-0.3, -0.25) is 0 Å². The lowest BCUT2D eigenvalue weighted by molar-refractivity contribution is 0.271. The highest BCUT2D eigenvalue weighted by Crippen LogP contribution is 2.32. The molecular formula is C26H28N4O4S2. The van der Waals surface area contributed by atoms with E-state index in [4.69, 9.17) is 20.7 Å². The molecule has 8 nitrogen and oxygen atoms in total. The number of thiazole rings is 1. The van der Waals surface area contributed by atoms with E-state index in [9.17, 15) is 8.42 Å². The minimum absolute atomic E-state index is 0.0211. The van der Waals surface area contributed by atoms with Crippen molar-refractivity contribution in [2.24, 2.45) is 16.8 Å². The van der Waals surface area contributed by atoms with E-state index in [-0.39, 0.29) is 10.7 Å². The highest BCUT2D eigenvalue weighted by atomic mass is 32.2. The second kappa shape index (κ2) is 11.1. The van der Waals surface area contributed by atoms with Crippen LogP contribution in [-0.2, 0) is 16.4 Å². The van der Waals surface area contributed by atoms with Crippen LogP contribution in [0.15, 0.2) is 82.8 Å². The summed E-state index contributed by atoms with van der Waals surface area (Å²) in [6, 6.07) is 20.4. The first kappa shape index (κ1) is 25.6. The molecule has 36 heavy (non-hydrogen) atoms. The molecule has 4 N–H and O–H groups in total. The number of fused-ring (bicyclic) bond motifs is 1. The maximum absolute atomic E-state index is 13.2. The number of nitrogens with zero attached hydrogens (tertiary/aromatic N) is 2. The number of amidine groups is 1. The van der Waals surface area contributed by atoms with E-state index < -0.39 is 16.1 Å². The van der Waals surface area contributed by atoms with E-state index in [1.165, 1.54) is 11.3 Å². The molecule has 188 valence electrons. The Bertz CT molecular complexity index is 1470. The zero-order valence-electron chi connectivity index (χ0n) is 20.0. The van der Waals surface area contributed by atoms with Crippen LogP contribution in [0.3, 0.4) is 0 Å². The molecule has 0 radical (unpaired) electrons. The smallest absolute Gasteiger partial charge is 0.241 e. The molecule has 0 fully saturated rings. The summed E-state index contributed by atoms with van der Waals surface area (Å²) in [5.41, 5.74) is 7.87. The molecule has 4 rings (SSSR count). The molecule has 0 spiro atoms. The van der Waals surface area contributed by atoms with Crippen LogP contribution < -0.4 is 15.2 Å². The Balaban J connectivity index is 1.70. The highest BCUT2D eigenvalue weighted by molar-refractivity contribution is 7.89. The molecule has 10 heteroatoms. The van der Waals surface area contributed by atoms with E-state index >= 15 is 0 Å². The van der Waals surface area contributed by atoms with E-state index in [0.29, 0.717) is 29.5 Å². The summed E-state index contributed by atoms with van der Waals surface area (Å²) in [5, 5.41) is 12.7. The van der Waals surface area contributed by atoms with E-state index in [1.807, 2.05) is 24.3 Å². The molecule has 0 amide bonds. The van der Waals surface area contributed by atoms with Gasteiger partial charge in [0.1, 0.15) is 10.8 Å². The van der Waals surface area contributed by atoms with Crippen molar-refractivity contribution in [2.45, 2.75) is 31.2 Å². The van der Waals surface area contributed by atoms with Gasteiger partial charge in [0, 0.05) is 5.56 Å². The third-order valence-electron chi connectivity index (χ3n) is 5.38. The van der Waals surface area contributed by atoms with E-state index in [1.54, 1.807) is 48.5 Å². The topological polar surface area (TPSA) is 127 Å². The van der Waals surface area contributed by atoms with Crippen molar-refractivity contribution in [2.75, 3.05) is 6.61 Å². The minimum Gasteiger partial charge on any atom is -0.493 e. The monoisotopic (exact) mass is 524 g/mol. The van der Waals surface area contributed by atoms with Crippen molar-refractivity contribution in [3.63, 3.8) is 0 Å². The van der Waals surface area contributed by atoms with Gasteiger partial charge in [-0.15, -0.1) is 11.3 Å². The standard InChI is InChI=1S/C26H28N4O4S2/c1-17(2)16-34-20-11-12-22-24(15-20)35-26(28-22)23(30-36(32,33)21-9-4-3-5-10-21)14-18-7-6-8-19(13-18)25(27)29-31/h3-13,15,17,23,30-31H,14,16H2,1-2H3,(H2,27,29). The van der Waals surface area contributed by atoms with Gasteiger partial charge in [0.25, 0.3) is 0 Å². The Morgan fingerprint density at radius 2 is 1.89 bits per heavy atom. The summed E-state index contributed by atoms with van der Waals surface area (Å²) in [4.78, 5) is 4.92. The summed E-state index contributed by atoms with van der Waals surface area (Å²) in [7, 11) is -3.82. The van der Waals surface area contributed by atoms with Crippen LogP contribution in [0.2, 0.25) is 0 Å². The summed E-state index contributed by atoms with van der Waals surface area (Å²) < 4.78 is 36.0. The normalized spacial score (nSPS) is 13.2. The Morgan fingerprint density at radius 1 is 1.11 bits per heavy atom. The van der Waals surface area contributed by atoms with Gasteiger partial charge in [-0.2, -0.15) is 0 Å². The summed E-state index contributed by atoms with van der Waals surface area (Å²) in [6.07, 6.45) is 0.315. The van der Waals surface area contributed by atoms with Crippen LogP contribution in [0.5, 0.6) is 5.75 Å². The molecule has 4 aromatic rings. The molecule has 3 aromatic carbocycles. The van der Waals surface area contributed by atoms with Gasteiger partial charge < -0.3 is 15.7 Å². The number of ether oxygens (including phenoxy) is 1. The van der Waals surface area contributed by atoms with Crippen LogP contribution in [-0.4, -0.2) is 31.1 Å². The molecule has 0 aliphatic carbocycles. The molecular weight excluding hydrogens is 496 g/mol. The first-order valence-corrected chi connectivity index (χ1v) is 13.7. The SMILES string of the molecule is CC(C)COc1ccc2nc(C(Cc3cccc(C(N)=NO)c3)NS(=O)(=O)c3ccccc3)sc2c1. The van der Waals surface area contributed by atoms with Gasteiger partial charge >= 0.3 is 0 Å². The average molecular weight is 525 g/mol. The fraction of sp³-hybridized carbons (Fsp3) is 0.231. The molecule has 0 saturated carbocycles. The third-order valence-corrected chi connectivity index (χ3v) is 8.00. The van der Waals surface area contributed by atoms with Crippen molar-refractivity contribution in [3.05, 3.63) is 88.9 Å². The van der Waals surface area contributed by atoms with Gasteiger partial charge in [-0.05, 0) is 54.3 Å². The first-order valence-electron chi connectivity index (χ1n) is 11.4. The highest BCUT2D eigenvalue weighted by Gasteiger charge is 2.25. The molecule has 1 heterocycles. The van der Waals surface area contributed by atoms with Gasteiger partial charge in [0.15, 0.2) is 5.84 Å². The second-order valence-corrected chi connectivity index (χ2v) is 11.5. The summed E-state index contributed by atoms with van der Waals surface area (Å²) in [6.45, 7) is 4.77. The second-order valence-electron chi connectivity index (χ2n) is 8.76. The maximum atomic E-state index is 13.2. The molecule has 1 unspecified atom stereocenters. The fourth-order valence-electron chi connectivity index (χ4n) is 3.61. The zero-order chi connectivity index (χ0) is 25.7. The van der Waals surface area contributed by atoms with Crippen LogP contribution in [0.4, 0.5) is 0 Å². The third kappa shape index (κ3) is 6.20. The number of nitrogens with one attached hydrogen (secondary N) is 1. The predicted molar refractivity (Wildman–Crippen MR) is 142 cm³/mol. The summed E-state index contributed by atoms with van der Waals surface area (Å²) in [5.74, 6) is 1.13. The molecule has 0 aliphatic rings. The Morgan fingerprint density at radius 3 is 2.61 bits per heavy atom. The molecule has 0 saturated heterocycles. The molecule has 0 bridgehead atoms. The van der Waals surface area contributed by atoms with E-state index in [0.717, 1.165) is 21.5 Å². The number of sulfonamides is 1. The van der Waals surface area contributed by atoms with Gasteiger partial charge in [0.2, 0.25) is 10.0 Å². The minimum atomic E-state index is -3.82. The number of nitrogens with two attached hydrogens (primary N) is 1. The van der Waals surface area contributed by atoms with Crippen LogP contribution in [0.25, 0.3) is 10.2 Å². The van der Waals surface area contributed by atoms with Crippen LogP contribution in [0, 0.1) is 5.92 Å². The van der Waals surface area contributed by atoms with Crippen molar-refractivity contribution >= 4 is 37.4 Å². The summed E-state index contributed by atoms with van der Waals surface area (Å²) >= 11 is 1.42. The largest absolute Gasteiger partial charge is 0.493 e. The van der Waals surface area contributed by atoms with Crippen molar-refractivity contribution < 1.29 is 18.4 Å². The first-order chi connectivity index (χ1) is 17.2. The number of hydrogen-bond donors (Lipinski definition) is 3. The Labute approximate surface area is 214 Å². The van der Waals surface area contributed by atoms with Crippen molar-refractivity contribution in [1.29, 1.82) is 0 Å². The maximum Gasteiger partial charge on any atom is 0.241 e. The van der Waals surface area contributed by atoms with Gasteiger partial charge in [-0.25, -0.2) is 18.1 Å². The Hall–Kier alpha value is -3.47. The molecule has 1 atom stereocenters.